The molecule has 1 unspecified atom stereocenters. The highest BCUT2D eigenvalue weighted by Crippen LogP contribution is 2.13. The first-order valence-electron chi connectivity index (χ1n) is 7.21. The van der Waals surface area contributed by atoms with Crippen LogP contribution in [0.1, 0.15) is 32.8 Å². The number of rotatable bonds is 5. The molecule has 21 heavy (non-hydrogen) atoms. The standard InChI is InChI=1S/C15H24N4O2/c1-5-10(3)9-19(6-2)15(21)14(20)18-12-7-11(4)13(16)17-8-12/h7-8,10H,5-6,9H2,1-4H3,(H2,16,17)(H,18,20). The number of nitrogens with zero attached hydrogens (tertiary/aromatic N) is 2. The normalized spacial score (nSPS) is 11.8. The largest absolute Gasteiger partial charge is 0.383 e. The Labute approximate surface area is 125 Å². The molecule has 0 spiro atoms. The van der Waals surface area contributed by atoms with Gasteiger partial charge in [-0.1, -0.05) is 20.3 Å². The molecule has 116 valence electrons. The summed E-state index contributed by atoms with van der Waals surface area (Å²) in [6.07, 6.45) is 2.41. The summed E-state index contributed by atoms with van der Waals surface area (Å²) in [6, 6.07) is 1.69. The SMILES string of the molecule is CCC(C)CN(CC)C(=O)C(=O)Nc1cnc(N)c(C)c1. The number of nitrogens with two attached hydrogens (primary N) is 1. The van der Waals surface area contributed by atoms with Crippen LogP contribution in [0.2, 0.25) is 0 Å². The summed E-state index contributed by atoms with van der Waals surface area (Å²) in [5.74, 6) is -0.396. The van der Waals surface area contributed by atoms with Crippen LogP contribution in [0.3, 0.4) is 0 Å². The number of amides is 2. The molecular formula is C15H24N4O2. The molecule has 0 aliphatic heterocycles. The van der Waals surface area contributed by atoms with E-state index in [1.165, 1.54) is 6.20 Å². The molecule has 6 heteroatoms. The van der Waals surface area contributed by atoms with Crippen molar-refractivity contribution in [2.24, 2.45) is 5.92 Å². The van der Waals surface area contributed by atoms with Crippen molar-refractivity contribution in [2.75, 3.05) is 24.1 Å². The number of nitrogen functional groups attached to an aromatic ring is 1. The van der Waals surface area contributed by atoms with E-state index in [2.05, 4.69) is 24.1 Å². The van der Waals surface area contributed by atoms with Gasteiger partial charge >= 0.3 is 11.8 Å². The Kier molecular flexibility index (Phi) is 6.14. The zero-order valence-electron chi connectivity index (χ0n) is 13.1. The first kappa shape index (κ1) is 16.9. The molecule has 0 saturated heterocycles. The molecular weight excluding hydrogens is 268 g/mol. The summed E-state index contributed by atoms with van der Waals surface area (Å²) in [5, 5.41) is 2.57. The summed E-state index contributed by atoms with van der Waals surface area (Å²) in [5.41, 5.74) is 6.85. The highest BCUT2D eigenvalue weighted by Gasteiger charge is 2.22. The first-order chi connectivity index (χ1) is 9.88. The van der Waals surface area contributed by atoms with Gasteiger partial charge in [0.1, 0.15) is 5.82 Å². The van der Waals surface area contributed by atoms with Crippen LogP contribution in [0.4, 0.5) is 11.5 Å². The van der Waals surface area contributed by atoms with Crippen LogP contribution in [0, 0.1) is 12.8 Å². The number of aromatic nitrogens is 1. The predicted octanol–water partition coefficient (Wildman–Crippen LogP) is 1.81. The Morgan fingerprint density at radius 1 is 1.43 bits per heavy atom. The fourth-order valence-corrected chi connectivity index (χ4v) is 1.84. The number of carbonyl (C=O) groups is 2. The molecule has 3 N–H and O–H groups in total. The van der Waals surface area contributed by atoms with Crippen LogP contribution < -0.4 is 11.1 Å². The lowest BCUT2D eigenvalue weighted by Gasteiger charge is -2.23. The lowest BCUT2D eigenvalue weighted by Crippen LogP contribution is -2.41. The minimum Gasteiger partial charge on any atom is -0.383 e. The molecule has 0 aliphatic carbocycles. The van der Waals surface area contributed by atoms with E-state index in [4.69, 9.17) is 5.73 Å². The predicted molar refractivity (Wildman–Crippen MR) is 83.7 cm³/mol. The van der Waals surface area contributed by atoms with E-state index < -0.39 is 11.8 Å². The Hall–Kier alpha value is -2.11. The van der Waals surface area contributed by atoms with Gasteiger partial charge in [-0.3, -0.25) is 9.59 Å². The van der Waals surface area contributed by atoms with Gasteiger partial charge in [-0.25, -0.2) is 4.98 Å². The monoisotopic (exact) mass is 292 g/mol. The van der Waals surface area contributed by atoms with Crippen LogP contribution in [-0.4, -0.2) is 34.8 Å². The second kappa shape index (κ2) is 7.61. The van der Waals surface area contributed by atoms with E-state index in [0.717, 1.165) is 12.0 Å². The van der Waals surface area contributed by atoms with Gasteiger partial charge in [-0.15, -0.1) is 0 Å². The number of likely N-dealkylation sites (N-methyl/N-ethyl adjacent to an activating group) is 1. The smallest absolute Gasteiger partial charge is 0.313 e. The van der Waals surface area contributed by atoms with Crippen molar-refractivity contribution in [1.29, 1.82) is 0 Å². The number of pyridine rings is 1. The van der Waals surface area contributed by atoms with Crippen molar-refractivity contribution in [3.63, 3.8) is 0 Å². The third-order valence-corrected chi connectivity index (χ3v) is 3.47. The third kappa shape index (κ3) is 4.73. The van der Waals surface area contributed by atoms with Crippen LogP contribution in [0.15, 0.2) is 12.3 Å². The lowest BCUT2D eigenvalue weighted by atomic mass is 10.1. The van der Waals surface area contributed by atoms with Crippen molar-refractivity contribution in [3.8, 4) is 0 Å². The third-order valence-electron chi connectivity index (χ3n) is 3.47. The van der Waals surface area contributed by atoms with E-state index in [0.29, 0.717) is 30.5 Å². The average Bonchev–Trinajstić information content (AvgIpc) is 2.47. The molecule has 0 aromatic carbocycles. The van der Waals surface area contributed by atoms with Gasteiger partial charge in [0.15, 0.2) is 0 Å². The fraction of sp³-hybridized carbons (Fsp3) is 0.533. The summed E-state index contributed by atoms with van der Waals surface area (Å²) in [6.45, 7) is 8.87. The van der Waals surface area contributed by atoms with Gasteiger partial charge in [0.05, 0.1) is 11.9 Å². The fourth-order valence-electron chi connectivity index (χ4n) is 1.84. The summed E-state index contributed by atoms with van der Waals surface area (Å²) < 4.78 is 0. The van der Waals surface area contributed by atoms with Gasteiger partial charge in [0.25, 0.3) is 0 Å². The number of hydrogen-bond donors (Lipinski definition) is 2. The van der Waals surface area contributed by atoms with Gasteiger partial charge in [-0.05, 0) is 31.4 Å². The molecule has 1 aromatic rings. The number of nitrogens with one attached hydrogen (secondary N) is 1. The molecule has 0 fully saturated rings. The van der Waals surface area contributed by atoms with E-state index in [9.17, 15) is 9.59 Å². The van der Waals surface area contributed by atoms with Gasteiger partial charge in [0, 0.05) is 13.1 Å². The number of carbonyl (C=O) groups excluding carboxylic acids is 2. The Bertz CT molecular complexity index is 516. The van der Waals surface area contributed by atoms with Crippen molar-refractivity contribution in [1.82, 2.24) is 9.88 Å². The van der Waals surface area contributed by atoms with Crippen LogP contribution in [0.25, 0.3) is 0 Å². The van der Waals surface area contributed by atoms with Crippen molar-refractivity contribution in [3.05, 3.63) is 17.8 Å². The zero-order chi connectivity index (χ0) is 16.0. The molecule has 0 bridgehead atoms. The topological polar surface area (TPSA) is 88.3 Å². The average molecular weight is 292 g/mol. The van der Waals surface area contributed by atoms with Crippen LogP contribution >= 0.6 is 0 Å². The van der Waals surface area contributed by atoms with Crippen molar-refractivity contribution < 1.29 is 9.59 Å². The highest BCUT2D eigenvalue weighted by atomic mass is 16.2. The maximum absolute atomic E-state index is 12.2. The quantitative estimate of drug-likeness (QED) is 0.810. The molecule has 0 saturated carbocycles. The van der Waals surface area contributed by atoms with E-state index >= 15 is 0 Å². The van der Waals surface area contributed by atoms with Crippen molar-refractivity contribution >= 4 is 23.3 Å². The molecule has 6 nitrogen and oxygen atoms in total. The second-order valence-electron chi connectivity index (χ2n) is 5.24. The number of hydrogen-bond acceptors (Lipinski definition) is 4. The minimum atomic E-state index is -0.647. The maximum Gasteiger partial charge on any atom is 0.313 e. The van der Waals surface area contributed by atoms with E-state index in [1.54, 1.807) is 17.9 Å². The molecule has 2 amide bonds. The Balaban J connectivity index is 2.72. The Morgan fingerprint density at radius 2 is 2.10 bits per heavy atom. The van der Waals surface area contributed by atoms with E-state index in [1.807, 2.05) is 6.92 Å². The van der Waals surface area contributed by atoms with Gasteiger partial charge in [0.2, 0.25) is 0 Å². The van der Waals surface area contributed by atoms with E-state index in [-0.39, 0.29) is 0 Å². The van der Waals surface area contributed by atoms with Crippen molar-refractivity contribution in [2.45, 2.75) is 34.1 Å². The highest BCUT2D eigenvalue weighted by molar-refractivity contribution is 6.39. The van der Waals surface area contributed by atoms with Crippen LogP contribution in [-0.2, 0) is 9.59 Å². The second-order valence-corrected chi connectivity index (χ2v) is 5.24. The zero-order valence-corrected chi connectivity index (χ0v) is 13.1. The molecule has 1 rings (SSSR count). The molecule has 1 heterocycles. The van der Waals surface area contributed by atoms with Gasteiger partial charge in [-0.2, -0.15) is 0 Å². The summed E-state index contributed by atoms with van der Waals surface area (Å²) >= 11 is 0. The number of anilines is 2. The Morgan fingerprint density at radius 3 is 2.62 bits per heavy atom. The molecule has 0 aliphatic rings. The van der Waals surface area contributed by atoms with Gasteiger partial charge < -0.3 is 16.0 Å². The molecule has 0 radical (unpaired) electrons. The summed E-state index contributed by atoms with van der Waals surface area (Å²) in [4.78, 5) is 29.7. The molecule has 1 atom stereocenters. The maximum atomic E-state index is 12.2. The molecule has 1 aromatic heterocycles. The number of aryl methyl sites for hydroxylation is 1. The summed E-state index contributed by atoms with van der Waals surface area (Å²) in [7, 11) is 0. The first-order valence-corrected chi connectivity index (χ1v) is 7.21. The van der Waals surface area contributed by atoms with Crippen LogP contribution in [0.5, 0.6) is 0 Å². The minimum absolute atomic E-state index is 0.363. The lowest BCUT2D eigenvalue weighted by molar-refractivity contribution is -0.143.